The highest BCUT2D eigenvalue weighted by molar-refractivity contribution is 5.58. The Morgan fingerprint density at radius 2 is 1.53 bits per heavy atom. The average molecular weight is 214 g/mol. The fraction of sp³-hybridized carbons (Fsp3) is 0.333. The van der Waals surface area contributed by atoms with Gasteiger partial charge in [-0.25, -0.2) is 13.2 Å². The Balaban J connectivity index is 3.32. The van der Waals surface area contributed by atoms with Gasteiger partial charge in [0.05, 0.1) is 0 Å². The van der Waals surface area contributed by atoms with Gasteiger partial charge in [0.1, 0.15) is 20.0 Å². The van der Waals surface area contributed by atoms with E-state index in [1.807, 2.05) is 0 Å². The van der Waals surface area contributed by atoms with Gasteiger partial charge in [0.15, 0.2) is 0 Å². The largest absolute Gasteiger partial charge is 0.246 e. The Kier molecular flexibility index (Phi) is 4.40. The van der Waals surface area contributed by atoms with Crippen LogP contribution in [0.2, 0.25) is 0 Å². The average Bonchev–Trinajstić information content (AvgIpc) is 2.29. The lowest BCUT2D eigenvalue weighted by Crippen LogP contribution is -1.95. The zero-order valence-corrected chi connectivity index (χ0v) is 8.56. The van der Waals surface area contributed by atoms with Crippen LogP contribution in [0.4, 0.5) is 13.2 Å². The third kappa shape index (κ3) is 2.61. The van der Waals surface area contributed by atoms with Crippen molar-refractivity contribution in [1.29, 1.82) is 0 Å². The van der Waals surface area contributed by atoms with Crippen molar-refractivity contribution < 1.29 is 13.2 Å². The van der Waals surface area contributed by atoms with Gasteiger partial charge >= 0.3 is 0 Å². The zero-order valence-electron chi connectivity index (χ0n) is 8.56. The molecular formula is C12H13F3. The summed E-state index contributed by atoms with van der Waals surface area (Å²) in [5.74, 6) is 0. The maximum atomic E-state index is 12.7. The molecule has 0 heterocycles. The Morgan fingerprint density at radius 1 is 1.00 bits per heavy atom. The Morgan fingerprint density at radius 3 is 1.87 bits per heavy atom. The summed E-state index contributed by atoms with van der Waals surface area (Å²) in [7, 11) is 0. The number of allylic oxidation sites excluding steroid dienone is 1. The quantitative estimate of drug-likeness (QED) is 0.707. The molecule has 3 heteroatoms. The van der Waals surface area contributed by atoms with Gasteiger partial charge in [0.2, 0.25) is 0 Å². The first kappa shape index (κ1) is 11.8. The molecule has 82 valence electrons. The lowest BCUT2D eigenvalue weighted by molar-refractivity contribution is 0.464. The fourth-order valence-electron chi connectivity index (χ4n) is 1.53. The van der Waals surface area contributed by atoms with E-state index in [1.165, 1.54) is 12.1 Å². The number of halogens is 3. The summed E-state index contributed by atoms with van der Waals surface area (Å²) >= 11 is 0. The van der Waals surface area contributed by atoms with Crippen LogP contribution >= 0.6 is 0 Å². The van der Waals surface area contributed by atoms with Crippen LogP contribution in [0.5, 0.6) is 0 Å². The van der Waals surface area contributed by atoms with Gasteiger partial charge < -0.3 is 0 Å². The van der Waals surface area contributed by atoms with E-state index in [2.05, 4.69) is 0 Å². The monoisotopic (exact) mass is 214 g/mol. The predicted octanol–water partition coefficient (Wildman–Crippen LogP) is 4.13. The summed E-state index contributed by atoms with van der Waals surface area (Å²) < 4.78 is 37.7. The standard InChI is InChI=1S/C12H13F3/c1-2-3-12-10(7-14)4-9(6-13)5-11(12)8-15/h2-5H,6-8H2,1H3/b3-2+. The van der Waals surface area contributed by atoms with Crippen molar-refractivity contribution in [3.05, 3.63) is 40.5 Å². The minimum absolute atomic E-state index is 0.323. The molecule has 0 aliphatic carbocycles. The molecule has 0 fully saturated rings. The van der Waals surface area contributed by atoms with Crippen LogP contribution in [0.1, 0.15) is 29.2 Å². The first-order valence-corrected chi connectivity index (χ1v) is 4.72. The van der Waals surface area contributed by atoms with Crippen molar-refractivity contribution >= 4 is 6.08 Å². The highest BCUT2D eigenvalue weighted by Crippen LogP contribution is 2.22. The van der Waals surface area contributed by atoms with E-state index in [-0.39, 0.29) is 0 Å². The van der Waals surface area contributed by atoms with Crippen molar-refractivity contribution in [2.45, 2.75) is 26.9 Å². The van der Waals surface area contributed by atoms with Gasteiger partial charge in [-0.15, -0.1) is 0 Å². The van der Waals surface area contributed by atoms with Crippen LogP contribution in [-0.4, -0.2) is 0 Å². The summed E-state index contributed by atoms with van der Waals surface area (Å²) in [6.07, 6.45) is 3.36. The van der Waals surface area contributed by atoms with Crippen molar-refractivity contribution in [2.75, 3.05) is 0 Å². The molecule has 0 aliphatic heterocycles. The predicted molar refractivity (Wildman–Crippen MR) is 55.6 cm³/mol. The normalized spacial score (nSPS) is 11.2. The molecule has 1 aromatic rings. The smallest absolute Gasteiger partial charge is 0.115 e. The van der Waals surface area contributed by atoms with Crippen molar-refractivity contribution in [1.82, 2.24) is 0 Å². The lowest BCUT2D eigenvalue weighted by Gasteiger charge is -2.09. The van der Waals surface area contributed by atoms with Gasteiger partial charge in [0.25, 0.3) is 0 Å². The van der Waals surface area contributed by atoms with Crippen LogP contribution in [0.25, 0.3) is 6.08 Å². The van der Waals surface area contributed by atoms with Gasteiger partial charge in [-0.05, 0) is 41.3 Å². The summed E-state index contributed by atoms with van der Waals surface area (Å²) in [6.45, 7) is -0.343. The molecule has 0 amide bonds. The first-order valence-electron chi connectivity index (χ1n) is 4.72. The van der Waals surface area contributed by atoms with Crippen LogP contribution in [0, 0.1) is 0 Å². The number of hydrogen-bond donors (Lipinski definition) is 0. The third-order valence-corrected chi connectivity index (χ3v) is 2.19. The van der Waals surface area contributed by atoms with E-state index < -0.39 is 20.0 Å². The topological polar surface area (TPSA) is 0 Å². The molecule has 0 atom stereocenters. The van der Waals surface area contributed by atoms with Gasteiger partial charge in [-0.1, -0.05) is 12.2 Å². The molecular weight excluding hydrogens is 201 g/mol. The zero-order chi connectivity index (χ0) is 11.3. The van der Waals surface area contributed by atoms with Gasteiger partial charge in [-0.3, -0.25) is 0 Å². The van der Waals surface area contributed by atoms with E-state index in [9.17, 15) is 13.2 Å². The van der Waals surface area contributed by atoms with Crippen molar-refractivity contribution in [2.24, 2.45) is 0 Å². The SMILES string of the molecule is C/C=C/c1c(CF)cc(CF)cc1CF. The van der Waals surface area contributed by atoms with Crippen LogP contribution in [0.3, 0.4) is 0 Å². The minimum Gasteiger partial charge on any atom is -0.246 e. The molecule has 1 aromatic carbocycles. The van der Waals surface area contributed by atoms with Crippen molar-refractivity contribution in [3.63, 3.8) is 0 Å². The molecule has 0 N–H and O–H groups in total. The molecule has 0 nitrogen and oxygen atoms in total. The second-order valence-electron chi connectivity index (χ2n) is 3.23. The number of alkyl halides is 3. The third-order valence-electron chi connectivity index (χ3n) is 2.19. The second-order valence-corrected chi connectivity index (χ2v) is 3.23. The van der Waals surface area contributed by atoms with Gasteiger partial charge in [-0.2, -0.15) is 0 Å². The molecule has 0 unspecified atom stereocenters. The molecule has 0 saturated heterocycles. The van der Waals surface area contributed by atoms with Gasteiger partial charge in [0, 0.05) is 0 Å². The highest BCUT2D eigenvalue weighted by atomic mass is 19.1. The molecule has 0 radical (unpaired) electrons. The fourth-order valence-corrected chi connectivity index (χ4v) is 1.53. The van der Waals surface area contributed by atoms with E-state index in [1.54, 1.807) is 19.1 Å². The molecule has 1 rings (SSSR count). The van der Waals surface area contributed by atoms with E-state index >= 15 is 0 Å². The molecule has 0 aromatic heterocycles. The first-order chi connectivity index (χ1) is 7.26. The summed E-state index contributed by atoms with van der Waals surface area (Å²) in [5, 5.41) is 0. The van der Waals surface area contributed by atoms with E-state index in [0.717, 1.165) is 0 Å². The van der Waals surface area contributed by atoms with Crippen LogP contribution in [0.15, 0.2) is 18.2 Å². The Bertz CT molecular complexity index is 331. The summed E-state index contributed by atoms with van der Waals surface area (Å²) in [6, 6.07) is 2.88. The molecule has 0 bridgehead atoms. The maximum absolute atomic E-state index is 12.7. The highest BCUT2D eigenvalue weighted by Gasteiger charge is 2.08. The Hall–Kier alpha value is -1.25. The Labute approximate surface area is 87.4 Å². The lowest BCUT2D eigenvalue weighted by atomic mass is 9.98. The maximum Gasteiger partial charge on any atom is 0.115 e. The van der Waals surface area contributed by atoms with Crippen LogP contribution < -0.4 is 0 Å². The number of hydrogen-bond acceptors (Lipinski definition) is 0. The molecule has 0 aliphatic rings. The number of benzene rings is 1. The summed E-state index contributed by atoms with van der Waals surface area (Å²) in [4.78, 5) is 0. The summed E-state index contributed by atoms with van der Waals surface area (Å²) in [5.41, 5.74) is 1.54. The van der Waals surface area contributed by atoms with E-state index in [0.29, 0.717) is 22.3 Å². The molecule has 0 spiro atoms. The molecule has 15 heavy (non-hydrogen) atoms. The van der Waals surface area contributed by atoms with E-state index in [4.69, 9.17) is 0 Å². The van der Waals surface area contributed by atoms with Crippen molar-refractivity contribution in [3.8, 4) is 0 Å². The minimum atomic E-state index is -0.708. The van der Waals surface area contributed by atoms with Crippen LogP contribution in [-0.2, 0) is 20.0 Å². The molecule has 0 saturated carbocycles. The number of rotatable bonds is 4. The second kappa shape index (κ2) is 5.59.